The highest BCUT2D eigenvalue weighted by Gasteiger charge is 2.40. The fraction of sp³-hybridized carbons (Fsp3) is 0.105. The van der Waals surface area contributed by atoms with Crippen molar-refractivity contribution in [1.29, 1.82) is 10.5 Å². The first-order chi connectivity index (χ1) is 22.7. The van der Waals surface area contributed by atoms with Crippen molar-refractivity contribution < 1.29 is 26.3 Å². The summed E-state index contributed by atoms with van der Waals surface area (Å²) in [7, 11) is 0. The van der Waals surface area contributed by atoms with E-state index in [-0.39, 0.29) is 33.7 Å². The van der Waals surface area contributed by atoms with Crippen molar-refractivity contribution in [1.82, 2.24) is 0 Å². The summed E-state index contributed by atoms with van der Waals surface area (Å²) >= 11 is 0. The van der Waals surface area contributed by atoms with Gasteiger partial charge in [-0.15, -0.1) is 0 Å². The highest BCUT2D eigenvalue weighted by molar-refractivity contribution is 6.37. The van der Waals surface area contributed by atoms with Gasteiger partial charge in [-0.05, 0) is 117 Å². The minimum Gasteiger partial charge on any atom is -0.226 e. The van der Waals surface area contributed by atoms with Gasteiger partial charge in [0.15, 0.2) is 0 Å². The molecule has 0 heterocycles. The van der Waals surface area contributed by atoms with Crippen LogP contribution in [0.5, 0.6) is 0 Å². The second-order valence-electron chi connectivity index (χ2n) is 11.3. The molecule has 0 N–H and O–H groups in total. The zero-order chi connectivity index (χ0) is 34.7. The van der Waals surface area contributed by atoms with E-state index in [4.69, 9.17) is 13.1 Å². The van der Waals surface area contributed by atoms with Crippen LogP contribution in [-0.4, -0.2) is 0 Å². The summed E-state index contributed by atoms with van der Waals surface area (Å²) in [6.45, 7) is 18.6. The van der Waals surface area contributed by atoms with Crippen LogP contribution in [0.1, 0.15) is 44.5 Å². The molecule has 0 amide bonds. The molecule has 0 aromatic heterocycles. The lowest BCUT2D eigenvalue weighted by molar-refractivity contribution is -0.138. The summed E-state index contributed by atoms with van der Waals surface area (Å²) in [5, 5.41) is 20.0. The third-order valence-electron chi connectivity index (χ3n) is 8.25. The van der Waals surface area contributed by atoms with Gasteiger partial charge in [0, 0.05) is 11.1 Å². The van der Waals surface area contributed by atoms with E-state index in [0.717, 1.165) is 24.3 Å². The Morgan fingerprint density at radius 1 is 0.542 bits per heavy atom. The monoisotopic (exact) mass is 644 g/mol. The number of allylic oxidation sites excluding steroid dienone is 6. The van der Waals surface area contributed by atoms with Crippen LogP contribution in [0.15, 0.2) is 84.2 Å². The van der Waals surface area contributed by atoms with Crippen LogP contribution in [0, 0.1) is 49.7 Å². The Morgan fingerprint density at radius 2 is 0.917 bits per heavy atom. The Hall–Kier alpha value is -6.36. The third kappa shape index (κ3) is 5.11. The number of halogens is 6. The third-order valence-corrected chi connectivity index (χ3v) is 8.25. The van der Waals surface area contributed by atoms with Crippen LogP contribution in [0.3, 0.4) is 0 Å². The zero-order valence-corrected chi connectivity index (χ0v) is 25.0. The molecule has 2 aliphatic carbocycles. The van der Waals surface area contributed by atoms with Gasteiger partial charge in [-0.1, -0.05) is 36.4 Å². The van der Waals surface area contributed by atoms with Gasteiger partial charge in [-0.2, -0.15) is 26.3 Å². The predicted octanol–water partition coefficient (Wildman–Crippen LogP) is 10.9. The maximum atomic E-state index is 13.7. The first kappa shape index (κ1) is 31.6. The Kier molecular flexibility index (Phi) is 7.35. The number of fused-ring (bicyclic) bond motifs is 4. The van der Waals surface area contributed by atoms with Gasteiger partial charge in [0.25, 0.3) is 11.4 Å². The molecule has 0 radical (unpaired) electrons. The molecule has 232 valence electrons. The van der Waals surface area contributed by atoms with E-state index < -0.39 is 23.5 Å². The van der Waals surface area contributed by atoms with E-state index in [0.29, 0.717) is 55.7 Å². The summed E-state index contributed by atoms with van der Waals surface area (Å²) < 4.78 is 82.3. The van der Waals surface area contributed by atoms with Crippen molar-refractivity contribution in [3.05, 3.63) is 152 Å². The van der Waals surface area contributed by atoms with Crippen LogP contribution < -0.4 is 0 Å². The maximum Gasteiger partial charge on any atom is 0.416 e. The first-order valence-corrected chi connectivity index (χ1v) is 14.2. The number of hydrogen-bond acceptors (Lipinski definition) is 2. The van der Waals surface area contributed by atoms with Gasteiger partial charge in [0.1, 0.15) is 0 Å². The van der Waals surface area contributed by atoms with Crippen molar-refractivity contribution in [3.63, 3.8) is 0 Å². The highest BCUT2D eigenvalue weighted by Crippen LogP contribution is 2.60. The van der Waals surface area contributed by atoms with Crippen molar-refractivity contribution in [3.8, 4) is 34.4 Å². The lowest BCUT2D eigenvalue weighted by atomic mass is 9.88. The topological polar surface area (TPSA) is 56.3 Å². The first-order valence-electron chi connectivity index (χ1n) is 14.2. The highest BCUT2D eigenvalue weighted by atomic mass is 19.4. The summed E-state index contributed by atoms with van der Waals surface area (Å²) in [6.07, 6.45) is -9.20. The van der Waals surface area contributed by atoms with Crippen LogP contribution in [0.2, 0.25) is 0 Å². The van der Waals surface area contributed by atoms with E-state index in [2.05, 4.69) is 9.69 Å². The summed E-state index contributed by atoms with van der Waals surface area (Å²) in [6, 6.07) is 20.6. The van der Waals surface area contributed by atoms with Gasteiger partial charge in [0.2, 0.25) is 0 Å². The molecule has 48 heavy (non-hydrogen) atoms. The molecule has 0 saturated heterocycles. The van der Waals surface area contributed by atoms with E-state index >= 15 is 0 Å². The van der Waals surface area contributed by atoms with E-state index in [1.165, 1.54) is 13.8 Å². The molecule has 0 saturated carbocycles. The molecule has 0 aliphatic heterocycles. The number of aryl methyl sites for hydroxylation is 2. The van der Waals surface area contributed by atoms with Crippen molar-refractivity contribution in [2.75, 3.05) is 0 Å². The molecule has 4 nitrogen and oxygen atoms in total. The minimum absolute atomic E-state index is 0.195. The Bertz CT molecular complexity index is 2180. The molecule has 4 aromatic carbocycles. The Balaban J connectivity index is 1.67. The zero-order valence-electron chi connectivity index (χ0n) is 25.0. The smallest absolute Gasteiger partial charge is 0.226 e. The minimum atomic E-state index is -4.60. The van der Waals surface area contributed by atoms with E-state index in [1.54, 1.807) is 48.5 Å². The number of benzene rings is 4. The lowest BCUT2D eigenvalue weighted by Crippen LogP contribution is -2.05. The molecular formula is C38H18F6N4. The molecule has 0 unspecified atom stereocenters. The Labute approximate surface area is 271 Å². The molecule has 10 heteroatoms. The normalized spacial score (nSPS) is 15.4. The fourth-order valence-corrected chi connectivity index (χ4v) is 6.35. The van der Waals surface area contributed by atoms with Crippen LogP contribution in [0.25, 0.3) is 54.2 Å². The fourth-order valence-electron chi connectivity index (χ4n) is 6.35. The van der Waals surface area contributed by atoms with Crippen LogP contribution in [-0.2, 0) is 12.4 Å². The molecule has 0 spiro atoms. The van der Waals surface area contributed by atoms with Crippen molar-refractivity contribution >= 4 is 22.3 Å². The molecular weight excluding hydrogens is 626 g/mol. The number of alkyl halides is 6. The second-order valence-corrected chi connectivity index (χ2v) is 11.3. The number of rotatable bonds is 2. The molecule has 6 rings (SSSR count). The van der Waals surface area contributed by atoms with Crippen molar-refractivity contribution in [2.24, 2.45) is 0 Å². The van der Waals surface area contributed by atoms with Gasteiger partial charge in [0.05, 0.1) is 36.4 Å². The standard InChI is InChI=1S/C38H18F6N4/c1-19-9-23(13-25(11-19)37(39,40)41)21-5-7-27-29(15-21)35-34(32(18-46)48-4)28-8-6-22(16-30(28)36(35)33(27)31(17-45)47-3)24-10-20(2)12-26(14-24)38(42,43)44/h5-16H,1-2H3/b33-31-,34-32?. The van der Waals surface area contributed by atoms with Gasteiger partial charge < -0.3 is 0 Å². The largest absolute Gasteiger partial charge is 0.416 e. The summed E-state index contributed by atoms with van der Waals surface area (Å²) in [5.74, 6) is 0. The second kappa shape index (κ2) is 11.2. The average Bonchev–Trinajstić information content (AvgIpc) is 3.53. The summed E-state index contributed by atoms with van der Waals surface area (Å²) in [4.78, 5) is 6.87. The average molecular weight is 645 g/mol. The number of hydrogen-bond donors (Lipinski definition) is 0. The van der Waals surface area contributed by atoms with Crippen LogP contribution >= 0.6 is 0 Å². The lowest BCUT2D eigenvalue weighted by Gasteiger charge is -2.16. The summed E-state index contributed by atoms with van der Waals surface area (Å²) in [5.41, 5.74) is 2.34. The predicted molar refractivity (Wildman–Crippen MR) is 168 cm³/mol. The molecule has 0 fully saturated rings. The Morgan fingerprint density at radius 3 is 1.23 bits per heavy atom. The molecule has 2 aliphatic rings. The maximum absolute atomic E-state index is 13.7. The molecule has 0 bridgehead atoms. The van der Waals surface area contributed by atoms with Gasteiger partial charge in [-0.3, -0.25) is 0 Å². The van der Waals surface area contributed by atoms with E-state index in [1.807, 2.05) is 12.1 Å². The van der Waals surface area contributed by atoms with Crippen LogP contribution in [0.4, 0.5) is 26.3 Å². The molecule has 4 aromatic rings. The van der Waals surface area contributed by atoms with E-state index in [9.17, 15) is 36.9 Å². The van der Waals surface area contributed by atoms with Crippen molar-refractivity contribution in [2.45, 2.75) is 26.2 Å². The van der Waals surface area contributed by atoms with Gasteiger partial charge in [-0.25, -0.2) is 20.2 Å². The SMILES string of the molecule is [C-]#[N+]C(C#N)=C1C2=C(/C(=C(/C#N)[N+]#[C-])c3ccc(-c4cc(C)cc(C(F)(F)F)c4)cc32)c2cc(-c3cc(C)cc(C(F)(F)F)c3)ccc21. The molecule has 0 atom stereocenters. The number of nitrogens with zero attached hydrogens (tertiary/aromatic N) is 4. The quantitative estimate of drug-likeness (QED) is 0.124. The van der Waals surface area contributed by atoms with Gasteiger partial charge >= 0.3 is 12.4 Å². The number of nitriles is 2.